The molecule has 2 rings (SSSR count). The van der Waals surface area contributed by atoms with E-state index >= 15 is 0 Å². The molecule has 1 saturated heterocycles. The van der Waals surface area contributed by atoms with E-state index in [1.54, 1.807) is 26.8 Å². The summed E-state index contributed by atoms with van der Waals surface area (Å²) in [6, 6.07) is 3.81. The molecule has 1 aliphatic heterocycles. The van der Waals surface area contributed by atoms with Crippen LogP contribution in [0.3, 0.4) is 0 Å². The fourth-order valence-electron chi connectivity index (χ4n) is 3.08. The summed E-state index contributed by atoms with van der Waals surface area (Å²) in [4.78, 5) is 25.2. The highest BCUT2D eigenvalue weighted by Gasteiger charge is 2.42. The van der Waals surface area contributed by atoms with Crippen molar-refractivity contribution in [3.63, 3.8) is 0 Å². The number of rotatable bonds is 4. The van der Waals surface area contributed by atoms with Gasteiger partial charge in [-0.2, -0.15) is 13.2 Å². The molecule has 1 aromatic carbocycles. The average Bonchev–Trinajstić information content (AvgIpc) is 2.95. The normalized spacial score (nSPS) is 21.7. The van der Waals surface area contributed by atoms with Crippen molar-refractivity contribution in [2.75, 3.05) is 13.1 Å². The van der Waals surface area contributed by atoms with Crippen molar-refractivity contribution in [2.24, 2.45) is 11.3 Å². The third-order valence-corrected chi connectivity index (χ3v) is 4.80. The first-order chi connectivity index (χ1) is 11.9. The zero-order valence-corrected chi connectivity index (χ0v) is 14.9. The number of urea groups is 1. The molecule has 8 heteroatoms. The highest BCUT2D eigenvalue weighted by molar-refractivity contribution is 5.79. The number of nitrogens with zero attached hydrogens (tertiary/aromatic N) is 1. The molecule has 1 aromatic rings. The molecule has 2 unspecified atom stereocenters. The number of carbonyl (C=O) groups excluding carboxylic acids is 1. The summed E-state index contributed by atoms with van der Waals surface area (Å²) >= 11 is 0. The largest absolute Gasteiger partial charge is 0.481 e. The Morgan fingerprint density at radius 3 is 2.46 bits per heavy atom. The van der Waals surface area contributed by atoms with Crippen molar-refractivity contribution >= 4 is 12.0 Å². The van der Waals surface area contributed by atoms with Crippen molar-refractivity contribution in [1.29, 1.82) is 0 Å². The lowest BCUT2D eigenvalue weighted by Crippen LogP contribution is -2.43. The summed E-state index contributed by atoms with van der Waals surface area (Å²) in [6.45, 7) is 5.55. The smallest absolute Gasteiger partial charge is 0.416 e. The average molecular weight is 372 g/mol. The van der Waals surface area contributed by atoms with Crippen LogP contribution < -0.4 is 5.32 Å². The monoisotopic (exact) mass is 372 g/mol. The number of carbonyl (C=O) groups is 2. The van der Waals surface area contributed by atoms with Gasteiger partial charge in [-0.3, -0.25) is 4.79 Å². The maximum absolute atomic E-state index is 13.0. The summed E-state index contributed by atoms with van der Waals surface area (Å²) < 4.78 is 38.9. The van der Waals surface area contributed by atoms with Crippen molar-refractivity contribution in [3.8, 4) is 0 Å². The SMILES string of the molecule is CC(C)C(NC(=O)N1CCC(C)(C(=O)O)C1)c1cccc(C(F)(F)F)c1. The molecule has 0 aromatic heterocycles. The maximum atomic E-state index is 13.0. The Labute approximate surface area is 150 Å². The van der Waals surface area contributed by atoms with E-state index in [-0.39, 0.29) is 12.5 Å². The predicted molar refractivity (Wildman–Crippen MR) is 89.5 cm³/mol. The lowest BCUT2D eigenvalue weighted by Gasteiger charge is -2.27. The molecular formula is C18H23F3N2O3. The lowest BCUT2D eigenvalue weighted by atomic mass is 9.90. The third kappa shape index (κ3) is 4.28. The Bertz CT molecular complexity index is 691. The maximum Gasteiger partial charge on any atom is 0.416 e. The van der Waals surface area contributed by atoms with Gasteiger partial charge in [-0.15, -0.1) is 0 Å². The Kier molecular flexibility index (Phi) is 5.53. The Morgan fingerprint density at radius 1 is 1.31 bits per heavy atom. The molecular weight excluding hydrogens is 349 g/mol. The number of hydrogen-bond acceptors (Lipinski definition) is 2. The number of carboxylic acids is 1. The van der Waals surface area contributed by atoms with Crippen LogP contribution in [0.15, 0.2) is 24.3 Å². The van der Waals surface area contributed by atoms with Crippen LogP contribution in [0.2, 0.25) is 0 Å². The van der Waals surface area contributed by atoms with E-state index in [0.29, 0.717) is 18.5 Å². The second kappa shape index (κ2) is 7.17. The number of nitrogens with one attached hydrogen (secondary N) is 1. The molecule has 2 atom stereocenters. The number of amides is 2. The van der Waals surface area contributed by atoms with Gasteiger partial charge in [-0.1, -0.05) is 26.0 Å². The van der Waals surface area contributed by atoms with Crippen LogP contribution in [0.4, 0.5) is 18.0 Å². The predicted octanol–water partition coefficient (Wildman–Crippen LogP) is 3.91. The van der Waals surface area contributed by atoms with Gasteiger partial charge in [-0.05, 0) is 37.0 Å². The first kappa shape index (κ1) is 20.1. The van der Waals surface area contributed by atoms with E-state index in [1.807, 2.05) is 0 Å². The molecule has 0 saturated carbocycles. The van der Waals surface area contributed by atoms with Gasteiger partial charge in [-0.25, -0.2) is 4.79 Å². The number of likely N-dealkylation sites (tertiary alicyclic amines) is 1. The number of hydrogen-bond donors (Lipinski definition) is 2. The molecule has 2 N–H and O–H groups in total. The van der Waals surface area contributed by atoms with Crippen LogP contribution in [0.5, 0.6) is 0 Å². The quantitative estimate of drug-likeness (QED) is 0.842. The van der Waals surface area contributed by atoms with Crippen LogP contribution >= 0.6 is 0 Å². The van der Waals surface area contributed by atoms with Crippen LogP contribution in [0, 0.1) is 11.3 Å². The molecule has 1 heterocycles. The second-order valence-electron chi connectivity index (χ2n) is 7.33. The standard InChI is InChI=1S/C18H23F3N2O3/c1-11(2)14(12-5-4-6-13(9-12)18(19,20)21)22-16(26)23-8-7-17(3,10-23)15(24)25/h4-6,9,11,14H,7-8,10H2,1-3H3,(H,22,26)(H,24,25). The Morgan fingerprint density at radius 2 is 1.96 bits per heavy atom. The van der Waals surface area contributed by atoms with Gasteiger partial charge in [0.1, 0.15) is 0 Å². The fraction of sp³-hybridized carbons (Fsp3) is 0.556. The molecule has 0 spiro atoms. The van der Waals surface area contributed by atoms with Crippen molar-refractivity contribution in [1.82, 2.24) is 10.2 Å². The minimum Gasteiger partial charge on any atom is -0.481 e. The number of benzene rings is 1. The first-order valence-electron chi connectivity index (χ1n) is 8.40. The fourth-order valence-corrected chi connectivity index (χ4v) is 3.08. The molecule has 0 aliphatic carbocycles. The van der Waals surface area contributed by atoms with Crippen molar-refractivity contribution < 1.29 is 27.9 Å². The van der Waals surface area contributed by atoms with Gasteiger partial charge in [0.2, 0.25) is 0 Å². The first-order valence-corrected chi connectivity index (χ1v) is 8.40. The Hall–Kier alpha value is -2.25. The number of aliphatic carboxylic acids is 1. The van der Waals surface area contributed by atoms with Gasteiger partial charge < -0.3 is 15.3 Å². The van der Waals surface area contributed by atoms with Gasteiger partial charge in [0.05, 0.1) is 17.0 Å². The van der Waals surface area contributed by atoms with Crippen LogP contribution in [-0.2, 0) is 11.0 Å². The van der Waals surface area contributed by atoms with Crippen molar-refractivity contribution in [3.05, 3.63) is 35.4 Å². The minimum absolute atomic E-state index is 0.0710. The van der Waals surface area contributed by atoms with Crippen LogP contribution in [0.1, 0.15) is 44.4 Å². The van der Waals surface area contributed by atoms with E-state index in [4.69, 9.17) is 0 Å². The van der Waals surface area contributed by atoms with E-state index < -0.39 is 35.2 Å². The Balaban J connectivity index is 2.17. The highest BCUT2D eigenvalue weighted by atomic mass is 19.4. The minimum atomic E-state index is -4.46. The van der Waals surface area contributed by atoms with E-state index in [2.05, 4.69) is 5.32 Å². The number of halogens is 3. The van der Waals surface area contributed by atoms with Crippen LogP contribution in [0.25, 0.3) is 0 Å². The molecule has 26 heavy (non-hydrogen) atoms. The molecule has 5 nitrogen and oxygen atoms in total. The van der Waals surface area contributed by atoms with Gasteiger partial charge in [0, 0.05) is 13.1 Å². The summed E-state index contributed by atoms with van der Waals surface area (Å²) in [5.41, 5.74) is -1.40. The summed E-state index contributed by atoms with van der Waals surface area (Å²) in [7, 11) is 0. The van der Waals surface area contributed by atoms with E-state index in [0.717, 1.165) is 12.1 Å². The van der Waals surface area contributed by atoms with Gasteiger partial charge >= 0.3 is 18.2 Å². The molecule has 1 aliphatic rings. The lowest BCUT2D eigenvalue weighted by molar-refractivity contribution is -0.147. The second-order valence-corrected chi connectivity index (χ2v) is 7.33. The highest BCUT2D eigenvalue weighted by Crippen LogP contribution is 2.33. The molecule has 0 bridgehead atoms. The van der Waals surface area contributed by atoms with Gasteiger partial charge in [0.25, 0.3) is 0 Å². The summed E-state index contributed by atoms with van der Waals surface area (Å²) in [5, 5.41) is 12.0. The summed E-state index contributed by atoms with van der Waals surface area (Å²) in [6.07, 6.45) is -4.12. The molecule has 0 radical (unpaired) electrons. The topological polar surface area (TPSA) is 69.6 Å². The number of carboxylic acid groups (broad SMARTS) is 1. The molecule has 144 valence electrons. The summed E-state index contributed by atoms with van der Waals surface area (Å²) in [5.74, 6) is -1.11. The van der Waals surface area contributed by atoms with Gasteiger partial charge in [0.15, 0.2) is 0 Å². The third-order valence-electron chi connectivity index (χ3n) is 4.80. The van der Waals surface area contributed by atoms with E-state index in [9.17, 15) is 27.9 Å². The van der Waals surface area contributed by atoms with E-state index in [1.165, 1.54) is 11.0 Å². The molecule has 2 amide bonds. The molecule has 1 fully saturated rings. The van der Waals surface area contributed by atoms with Crippen LogP contribution in [-0.4, -0.2) is 35.1 Å². The van der Waals surface area contributed by atoms with Crippen molar-refractivity contribution in [2.45, 2.75) is 39.4 Å². The number of alkyl halides is 3. The zero-order chi connectivity index (χ0) is 19.7. The zero-order valence-electron chi connectivity index (χ0n) is 14.9.